The Balaban J connectivity index is 4.72. The van der Waals surface area contributed by atoms with Gasteiger partial charge in [0.25, 0.3) is 5.92 Å². The minimum absolute atomic E-state index is 0.254. The first-order valence-corrected chi connectivity index (χ1v) is 4.66. The smallest absolute Gasteiger partial charge is 0.254 e. The van der Waals surface area contributed by atoms with Gasteiger partial charge in [-0.2, -0.15) is 21.6 Å². The molecule has 9 heteroatoms. The average molecular weight is 242 g/mol. The first kappa shape index (κ1) is 13.6. The minimum Gasteiger partial charge on any atom is -0.254 e. The second kappa shape index (κ2) is 3.61. The SMILES string of the molecule is CC(OS(=O)(=O)C(F)(F)F)C(C)(F)F. The summed E-state index contributed by atoms with van der Waals surface area (Å²) in [5.74, 6) is -3.67. The largest absolute Gasteiger partial charge is 0.523 e. The zero-order valence-electron chi connectivity index (χ0n) is 7.10. The highest BCUT2D eigenvalue weighted by atomic mass is 32.2. The normalized spacial score (nSPS) is 16.8. The van der Waals surface area contributed by atoms with Crippen LogP contribution in [-0.2, 0) is 14.3 Å². The number of hydrogen-bond acceptors (Lipinski definition) is 3. The van der Waals surface area contributed by atoms with Crippen molar-refractivity contribution in [2.24, 2.45) is 0 Å². The molecule has 0 heterocycles. The van der Waals surface area contributed by atoms with E-state index in [0.717, 1.165) is 0 Å². The number of hydrogen-bond donors (Lipinski definition) is 0. The van der Waals surface area contributed by atoms with Crippen molar-refractivity contribution >= 4 is 10.1 Å². The Morgan fingerprint density at radius 3 is 1.71 bits per heavy atom. The summed E-state index contributed by atoms with van der Waals surface area (Å²) in [4.78, 5) is 0. The molecular weight excluding hydrogens is 235 g/mol. The highest BCUT2D eigenvalue weighted by Crippen LogP contribution is 2.29. The van der Waals surface area contributed by atoms with Gasteiger partial charge >= 0.3 is 15.6 Å². The van der Waals surface area contributed by atoms with E-state index >= 15 is 0 Å². The van der Waals surface area contributed by atoms with E-state index in [9.17, 15) is 30.4 Å². The maximum Gasteiger partial charge on any atom is 0.523 e. The molecule has 0 aromatic heterocycles. The molecule has 0 aromatic carbocycles. The van der Waals surface area contributed by atoms with Gasteiger partial charge in [0, 0.05) is 6.92 Å². The lowest BCUT2D eigenvalue weighted by Crippen LogP contribution is -2.36. The molecule has 0 rings (SSSR count). The zero-order valence-corrected chi connectivity index (χ0v) is 7.92. The van der Waals surface area contributed by atoms with Crippen molar-refractivity contribution in [2.45, 2.75) is 31.4 Å². The lowest BCUT2D eigenvalue weighted by molar-refractivity contribution is -0.0920. The lowest BCUT2D eigenvalue weighted by Gasteiger charge is -2.19. The zero-order chi connectivity index (χ0) is 11.8. The molecule has 0 N–H and O–H groups in total. The Hall–Kier alpha value is -0.440. The van der Waals surface area contributed by atoms with Crippen LogP contribution in [-0.4, -0.2) is 26.0 Å². The fourth-order valence-electron chi connectivity index (χ4n) is 0.329. The minimum atomic E-state index is -5.96. The number of alkyl halides is 5. The van der Waals surface area contributed by atoms with Gasteiger partial charge in [0.15, 0.2) is 0 Å². The van der Waals surface area contributed by atoms with Crippen molar-refractivity contribution in [3.63, 3.8) is 0 Å². The fourth-order valence-corrected chi connectivity index (χ4v) is 0.987. The van der Waals surface area contributed by atoms with Gasteiger partial charge in [0.1, 0.15) is 6.10 Å². The molecule has 0 aliphatic carbocycles. The van der Waals surface area contributed by atoms with E-state index in [1.807, 2.05) is 0 Å². The topological polar surface area (TPSA) is 43.4 Å². The molecule has 0 aromatic rings. The van der Waals surface area contributed by atoms with Crippen molar-refractivity contribution in [3.8, 4) is 0 Å². The van der Waals surface area contributed by atoms with Gasteiger partial charge in [-0.15, -0.1) is 0 Å². The van der Waals surface area contributed by atoms with Gasteiger partial charge in [0.05, 0.1) is 0 Å². The monoisotopic (exact) mass is 242 g/mol. The molecule has 0 radical (unpaired) electrons. The molecule has 0 amide bonds. The molecule has 0 spiro atoms. The van der Waals surface area contributed by atoms with Crippen LogP contribution in [0.4, 0.5) is 22.0 Å². The molecular formula is C5H7F5O3S. The third kappa shape index (κ3) is 3.37. The molecule has 1 atom stereocenters. The molecule has 0 fully saturated rings. The van der Waals surface area contributed by atoms with Crippen LogP contribution in [0.3, 0.4) is 0 Å². The first-order valence-electron chi connectivity index (χ1n) is 3.25. The molecule has 0 aliphatic heterocycles. The molecule has 14 heavy (non-hydrogen) atoms. The van der Waals surface area contributed by atoms with Crippen LogP contribution in [0.5, 0.6) is 0 Å². The predicted molar refractivity (Wildman–Crippen MR) is 36.1 cm³/mol. The third-order valence-corrected chi connectivity index (χ3v) is 2.38. The highest BCUT2D eigenvalue weighted by Gasteiger charge is 2.50. The van der Waals surface area contributed by atoms with Gasteiger partial charge in [-0.1, -0.05) is 0 Å². The Labute approximate surface area is 77.0 Å². The summed E-state index contributed by atoms with van der Waals surface area (Å²) in [6.07, 6.45) is -2.37. The van der Waals surface area contributed by atoms with E-state index in [2.05, 4.69) is 4.18 Å². The fraction of sp³-hybridized carbons (Fsp3) is 1.00. The Bertz CT molecular complexity index is 287. The maximum atomic E-state index is 12.3. The van der Waals surface area contributed by atoms with Crippen molar-refractivity contribution < 1.29 is 34.6 Å². The second-order valence-electron chi connectivity index (χ2n) is 2.59. The standard InChI is InChI=1S/C5H7F5O3S/c1-3(4(2,6)7)13-14(11,12)5(8,9)10/h3H,1-2H3. The van der Waals surface area contributed by atoms with Crippen molar-refractivity contribution in [1.82, 2.24) is 0 Å². The van der Waals surface area contributed by atoms with Gasteiger partial charge in [0.2, 0.25) is 0 Å². The molecule has 0 saturated heterocycles. The van der Waals surface area contributed by atoms with Crippen LogP contribution in [0.25, 0.3) is 0 Å². The summed E-state index contributed by atoms with van der Waals surface area (Å²) in [5.41, 5.74) is -5.69. The van der Waals surface area contributed by atoms with Gasteiger partial charge in [-0.3, -0.25) is 4.18 Å². The molecule has 3 nitrogen and oxygen atoms in total. The summed E-state index contributed by atoms with van der Waals surface area (Å²) >= 11 is 0. The Morgan fingerprint density at radius 2 is 1.50 bits per heavy atom. The molecule has 0 saturated carbocycles. The number of halogens is 5. The van der Waals surface area contributed by atoms with Crippen LogP contribution < -0.4 is 0 Å². The van der Waals surface area contributed by atoms with Crippen LogP contribution >= 0.6 is 0 Å². The maximum absolute atomic E-state index is 12.3. The van der Waals surface area contributed by atoms with Crippen LogP contribution in [0.15, 0.2) is 0 Å². The van der Waals surface area contributed by atoms with E-state index in [-0.39, 0.29) is 6.92 Å². The average Bonchev–Trinajstić information content (AvgIpc) is 1.80. The van der Waals surface area contributed by atoms with Crippen molar-refractivity contribution in [2.75, 3.05) is 0 Å². The lowest BCUT2D eigenvalue weighted by atomic mass is 10.2. The summed E-state index contributed by atoms with van der Waals surface area (Å²) in [6, 6.07) is 0. The summed E-state index contributed by atoms with van der Waals surface area (Å²) in [6.45, 7) is 0.785. The third-order valence-electron chi connectivity index (χ3n) is 1.27. The van der Waals surface area contributed by atoms with Crippen molar-refractivity contribution in [1.29, 1.82) is 0 Å². The van der Waals surface area contributed by atoms with E-state index in [1.165, 1.54) is 0 Å². The Kier molecular flexibility index (Phi) is 3.50. The molecule has 86 valence electrons. The first-order chi connectivity index (χ1) is 5.88. The van der Waals surface area contributed by atoms with E-state index in [1.54, 1.807) is 0 Å². The predicted octanol–water partition coefficient (Wildman–Crippen LogP) is 1.90. The molecule has 0 bridgehead atoms. The summed E-state index contributed by atoms with van der Waals surface area (Å²) in [5, 5.41) is 0. The van der Waals surface area contributed by atoms with Crippen LogP contribution in [0.2, 0.25) is 0 Å². The van der Waals surface area contributed by atoms with Crippen LogP contribution in [0, 0.1) is 0 Å². The van der Waals surface area contributed by atoms with Gasteiger partial charge < -0.3 is 0 Å². The second-order valence-corrected chi connectivity index (χ2v) is 4.16. The van der Waals surface area contributed by atoms with Gasteiger partial charge in [-0.05, 0) is 6.92 Å². The Morgan fingerprint density at radius 1 is 1.14 bits per heavy atom. The van der Waals surface area contributed by atoms with Gasteiger partial charge in [-0.25, -0.2) is 8.78 Å². The molecule has 1 unspecified atom stereocenters. The van der Waals surface area contributed by atoms with E-state index in [4.69, 9.17) is 0 Å². The summed E-state index contributed by atoms with van der Waals surface area (Å²) < 4.78 is 83.1. The number of rotatable bonds is 3. The van der Waals surface area contributed by atoms with Crippen molar-refractivity contribution in [3.05, 3.63) is 0 Å². The van der Waals surface area contributed by atoms with E-state index in [0.29, 0.717) is 6.92 Å². The van der Waals surface area contributed by atoms with Crippen LogP contribution in [0.1, 0.15) is 13.8 Å². The van der Waals surface area contributed by atoms with E-state index < -0.39 is 27.7 Å². The molecule has 0 aliphatic rings. The quantitative estimate of drug-likeness (QED) is 0.431. The summed E-state index contributed by atoms with van der Waals surface area (Å²) in [7, 11) is -5.96. The highest BCUT2D eigenvalue weighted by molar-refractivity contribution is 7.87.